The van der Waals surface area contributed by atoms with Gasteiger partial charge in [-0.05, 0) is 26.3 Å². The van der Waals surface area contributed by atoms with Gasteiger partial charge in [0.15, 0.2) is 0 Å². The van der Waals surface area contributed by atoms with Gasteiger partial charge in [-0.25, -0.2) is 0 Å². The maximum absolute atomic E-state index is 6.29. The van der Waals surface area contributed by atoms with Crippen LogP contribution in [-0.4, -0.2) is 22.4 Å². The Bertz CT molecular complexity index is 371. The van der Waals surface area contributed by atoms with E-state index in [2.05, 4.69) is 52.0 Å². The van der Waals surface area contributed by atoms with Gasteiger partial charge >= 0.3 is 0 Å². The molecule has 0 fully saturated rings. The van der Waals surface area contributed by atoms with E-state index in [9.17, 15) is 0 Å². The summed E-state index contributed by atoms with van der Waals surface area (Å²) < 4.78 is 2.04. The van der Waals surface area contributed by atoms with Gasteiger partial charge in [0.1, 0.15) is 0 Å². The average Bonchev–Trinajstić information content (AvgIpc) is 2.67. The van der Waals surface area contributed by atoms with Gasteiger partial charge in [-0.15, -0.1) is 0 Å². The lowest BCUT2D eigenvalue weighted by Crippen LogP contribution is -2.30. The van der Waals surface area contributed by atoms with E-state index in [0.29, 0.717) is 23.9 Å². The zero-order chi connectivity index (χ0) is 13.9. The molecule has 1 N–H and O–H groups in total. The van der Waals surface area contributed by atoms with E-state index >= 15 is 0 Å². The highest BCUT2D eigenvalue weighted by molar-refractivity contribution is 6.31. The van der Waals surface area contributed by atoms with Gasteiger partial charge < -0.3 is 5.32 Å². The van der Waals surface area contributed by atoms with Crippen LogP contribution in [0.5, 0.6) is 0 Å². The van der Waals surface area contributed by atoms with Crippen molar-refractivity contribution in [3.05, 3.63) is 16.9 Å². The Labute approximate surface area is 116 Å². The third-order valence-electron chi connectivity index (χ3n) is 3.41. The Morgan fingerprint density at radius 2 is 1.83 bits per heavy atom. The van der Waals surface area contributed by atoms with Crippen LogP contribution in [0.1, 0.15) is 59.2 Å². The third-order valence-corrected chi connectivity index (χ3v) is 3.70. The summed E-state index contributed by atoms with van der Waals surface area (Å²) in [6, 6.07) is 0.866. The zero-order valence-corrected chi connectivity index (χ0v) is 13.1. The van der Waals surface area contributed by atoms with Gasteiger partial charge in [0.25, 0.3) is 0 Å². The molecule has 0 amide bonds. The Morgan fingerprint density at radius 1 is 1.22 bits per heavy atom. The molecule has 0 aliphatic heterocycles. The molecule has 0 saturated heterocycles. The molecule has 4 heteroatoms. The zero-order valence-electron chi connectivity index (χ0n) is 12.4. The topological polar surface area (TPSA) is 29.9 Å². The van der Waals surface area contributed by atoms with Crippen LogP contribution in [0.25, 0.3) is 0 Å². The predicted octanol–water partition coefficient (Wildman–Crippen LogP) is 3.86. The number of hydrogen-bond donors (Lipinski definition) is 1. The van der Waals surface area contributed by atoms with Crippen molar-refractivity contribution in [3.8, 4) is 0 Å². The third kappa shape index (κ3) is 3.72. The highest BCUT2D eigenvalue weighted by atomic mass is 35.5. The second-order valence-corrected chi connectivity index (χ2v) is 6.15. The van der Waals surface area contributed by atoms with Gasteiger partial charge in [-0.3, -0.25) is 4.68 Å². The van der Waals surface area contributed by atoms with E-state index < -0.39 is 0 Å². The summed E-state index contributed by atoms with van der Waals surface area (Å²) in [4.78, 5) is 0. The number of nitrogens with zero attached hydrogens (tertiary/aromatic N) is 2. The summed E-state index contributed by atoms with van der Waals surface area (Å²) in [7, 11) is 0. The first-order chi connectivity index (χ1) is 8.34. The molecule has 2 atom stereocenters. The number of nitrogens with one attached hydrogen (secondary N) is 1. The van der Waals surface area contributed by atoms with E-state index in [1.807, 2.05) is 4.68 Å². The van der Waals surface area contributed by atoms with E-state index in [1.54, 1.807) is 6.20 Å². The van der Waals surface area contributed by atoms with E-state index in [-0.39, 0.29) is 0 Å². The lowest BCUT2D eigenvalue weighted by atomic mass is 9.92. The van der Waals surface area contributed by atoms with Crippen LogP contribution in [0.2, 0.25) is 5.02 Å². The first-order valence-electron chi connectivity index (χ1n) is 6.80. The smallest absolute Gasteiger partial charge is 0.0820 e. The molecule has 0 spiro atoms. The summed E-state index contributed by atoms with van der Waals surface area (Å²) in [6.45, 7) is 14.1. The summed E-state index contributed by atoms with van der Waals surface area (Å²) in [5.41, 5.74) is 1.16. The molecule has 0 saturated carbocycles. The summed E-state index contributed by atoms with van der Waals surface area (Å²) in [5, 5.41) is 8.65. The molecule has 1 heterocycles. The molecular formula is C14H26ClN3. The van der Waals surface area contributed by atoms with Crippen LogP contribution >= 0.6 is 11.6 Å². The van der Waals surface area contributed by atoms with Crippen LogP contribution in [0.15, 0.2) is 6.20 Å². The van der Waals surface area contributed by atoms with Crippen LogP contribution in [0.3, 0.4) is 0 Å². The predicted molar refractivity (Wildman–Crippen MR) is 78.3 cm³/mol. The number of hydrogen-bond acceptors (Lipinski definition) is 2. The molecule has 104 valence electrons. The minimum Gasteiger partial charge on any atom is -0.314 e. The number of halogens is 1. The normalized spacial score (nSPS) is 15.4. The summed E-state index contributed by atoms with van der Waals surface area (Å²) in [5.74, 6) is 0.924. The van der Waals surface area contributed by atoms with Crippen molar-refractivity contribution in [1.29, 1.82) is 0 Å². The van der Waals surface area contributed by atoms with Crippen molar-refractivity contribution in [3.63, 3.8) is 0 Å². The minimum absolute atomic E-state index is 0.347. The Morgan fingerprint density at radius 3 is 2.33 bits per heavy atom. The number of aromatic nitrogens is 2. The van der Waals surface area contributed by atoms with Crippen molar-refractivity contribution in [2.45, 2.75) is 59.5 Å². The molecule has 0 aliphatic rings. The minimum atomic E-state index is 0.347. The first-order valence-corrected chi connectivity index (χ1v) is 7.18. The fraction of sp³-hybridized carbons (Fsp3) is 0.786. The van der Waals surface area contributed by atoms with E-state index in [1.165, 1.54) is 0 Å². The quantitative estimate of drug-likeness (QED) is 0.852. The van der Waals surface area contributed by atoms with Gasteiger partial charge in [0.2, 0.25) is 0 Å². The van der Waals surface area contributed by atoms with E-state index in [4.69, 9.17) is 11.6 Å². The summed E-state index contributed by atoms with van der Waals surface area (Å²) in [6.07, 6.45) is 1.76. The van der Waals surface area contributed by atoms with Crippen LogP contribution in [0, 0.1) is 5.92 Å². The maximum Gasteiger partial charge on any atom is 0.0820 e. The highest BCUT2D eigenvalue weighted by Gasteiger charge is 2.22. The molecule has 1 aromatic heterocycles. The second kappa shape index (κ2) is 6.58. The van der Waals surface area contributed by atoms with Crippen LogP contribution < -0.4 is 5.32 Å². The molecule has 0 bridgehead atoms. The summed E-state index contributed by atoms with van der Waals surface area (Å²) >= 11 is 6.29. The van der Waals surface area contributed by atoms with Gasteiger partial charge in [0, 0.05) is 18.0 Å². The number of rotatable bonds is 6. The largest absolute Gasteiger partial charge is 0.314 e. The lowest BCUT2D eigenvalue weighted by molar-refractivity contribution is 0.394. The van der Waals surface area contributed by atoms with Crippen molar-refractivity contribution in [1.82, 2.24) is 15.1 Å². The molecule has 0 aliphatic carbocycles. The van der Waals surface area contributed by atoms with E-state index in [0.717, 1.165) is 17.3 Å². The Balaban J connectivity index is 2.82. The Hall–Kier alpha value is -0.540. The maximum atomic E-state index is 6.29. The lowest BCUT2D eigenvalue weighted by Gasteiger charge is -2.24. The molecule has 1 aromatic rings. The molecule has 0 aromatic carbocycles. The average molecular weight is 272 g/mol. The molecule has 0 radical (unpaired) electrons. The van der Waals surface area contributed by atoms with Gasteiger partial charge in [-0.1, -0.05) is 39.3 Å². The molecule has 1 rings (SSSR count). The second-order valence-electron chi connectivity index (χ2n) is 5.74. The SMILES string of the molecule is CC(C)NCC(C)C(C)c1c(Cl)cnn1C(C)C. The van der Waals surface area contributed by atoms with Crippen molar-refractivity contribution < 1.29 is 0 Å². The van der Waals surface area contributed by atoms with Crippen molar-refractivity contribution in [2.24, 2.45) is 5.92 Å². The first kappa shape index (κ1) is 15.5. The molecule has 2 unspecified atom stereocenters. The molecular weight excluding hydrogens is 246 g/mol. The standard InChI is InChI=1S/C14H26ClN3/c1-9(2)16-7-11(5)12(6)14-13(15)8-17-18(14)10(3)4/h8-12,16H,7H2,1-6H3. The van der Waals surface area contributed by atoms with Gasteiger partial charge in [-0.2, -0.15) is 5.10 Å². The van der Waals surface area contributed by atoms with Crippen LogP contribution in [0.4, 0.5) is 0 Å². The molecule has 18 heavy (non-hydrogen) atoms. The fourth-order valence-corrected chi connectivity index (χ4v) is 2.36. The highest BCUT2D eigenvalue weighted by Crippen LogP contribution is 2.31. The van der Waals surface area contributed by atoms with Crippen LogP contribution in [-0.2, 0) is 0 Å². The van der Waals surface area contributed by atoms with Crippen molar-refractivity contribution in [2.75, 3.05) is 6.54 Å². The van der Waals surface area contributed by atoms with Crippen molar-refractivity contribution >= 4 is 11.6 Å². The molecule has 3 nitrogen and oxygen atoms in total. The Kier molecular flexibility index (Phi) is 5.67. The van der Waals surface area contributed by atoms with Gasteiger partial charge in [0.05, 0.1) is 16.9 Å². The fourth-order valence-electron chi connectivity index (χ4n) is 2.06. The monoisotopic (exact) mass is 271 g/mol.